The number of carbonyl (C=O) groups excluding carboxylic acids is 2. The van der Waals surface area contributed by atoms with Gasteiger partial charge in [0.15, 0.2) is 0 Å². The smallest absolute Gasteiger partial charge is 0.244 e. The van der Waals surface area contributed by atoms with Crippen LogP contribution in [0.25, 0.3) is 0 Å². The maximum atomic E-state index is 13.4. The van der Waals surface area contributed by atoms with Gasteiger partial charge in [0.2, 0.25) is 21.8 Å². The van der Waals surface area contributed by atoms with Gasteiger partial charge in [0.25, 0.3) is 0 Å². The molecular weight excluding hydrogens is 509 g/mol. The Bertz CT molecular complexity index is 1110. The maximum absolute atomic E-state index is 13.4. The van der Waals surface area contributed by atoms with Crippen molar-refractivity contribution in [2.24, 2.45) is 0 Å². The van der Waals surface area contributed by atoms with Crippen molar-refractivity contribution in [3.8, 4) is 0 Å². The molecule has 0 aliphatic carbocycles. The van der Waals surface area contributed by atoms with Crippen LogP contribution < -0.4 is 9.62 Å². The Morgan fingerprint density at radius 1 is 0.970 bits per heavy atom. The second-order valence-electron chi connectivity index (χ2n) is 7.89. The highest BCUT2D eigenvalue weighted by atomic mass is 35.5. The van der Waals surface area contributed by atoms with Crippen molar-refractivity contribution < 1.29 is 18.0 Å². The first-order valence-electron chi connectivity index (χ1n) is 10.1. The minimum atomic E-state index is -3.88. The van der Waals surface area contributed by atoms with Gasteiger partial charge in [-0.25, -0.2) is 8.42 Å². The topological polar surface area (TPSA) is 86.8 Å². The summed E-state index contributed by atoms with van der Waals surface area (Å²) >= 11 is 18.2. The zero-order valence-corrected chi connectivity index (χ0v) is 21.8. The molecular formula is C22H26Cl3N3O4S. The molecule has 1 atom stereocenters. The van der Waals surface area contributed by atoms with Gasteiger partial charge >= 0.3 is 0 Å². The summed E-state index contributed by atoms with van der Waals surface area (Å²) in [6.45, 7) is 4.71. The van der Waals surface area contributed by atoms with Gasteiger partial charge in [-0.05, 0) is 56.7 Å². The minimum Gasteiger partial charge on any atom is -0.352 e. The number of sulfonamides is 1. The lowest BCUT2D eigenvalue weighted by molar-refractivity contribution is -0.139. The van der Waals surface area contributed by atoms with Crippen molar-refractivity contribution in [1.29, 1.82) is 0 Å². The van der Waals surface area contributed by atoms with Gasteiger partial charge in [-0.15, -0.1) is 0 Å². The average molecular weight is 535 g/mol. The third-order valence-electron chi connectivity index (χ3n) is 4.65. The van der Waals surface area contributed by atoms with Gasteiger partial charge in [-0.2, -0.15) is 0 Å². The van der Waals surface area contributed by atoms with Gasteiger partial charge in [0.1, 0.15) is 12.6 Å². The van der Waals surface area contributed by atoms with E-state index < -0.39 is 28.5 Å². The van der Waals surface area contributed by atoms with Crippen LogP contribution in [0.1, 0.15) is 26.3 Å². The third-order valence-corrected chi connectivity index (χ3v) is 6.47. The Morgan fingerprint density at radius 3 is 2.09 bits per heavy atom. The molecule has 0 spiro atoms. The molecule has 0 heterocycles. The fraction of sp³-hybridized carbons (Fsp3) is 0.364. The number of rotatable bonds is 9. The number of carbonyl (C=O) groups is 2. The van der Waals surface area contributed by atoms with Crippen LogP contribution in [0.3, 0.4) is 0 Å². The van der Waals surface area contributed by atoms with Crippen LogP contribution in [0, 0.1) is 0 Å². The number of nitrogens with zero attached hydrogens (tertiary/aromatic N) is 2. The zero-order valence-electron chi connectivity index (χ0n) is 18.7. The summed E-state index contributed by atoms with van der Waals surface area (Å²) in [5.74, 6) is -0.944. The largest absolute Gasteiger partial charge is 0.352 e. The molecule has 11 heteroatoms. The van der Waals surface area contributed by atoms with Crippen LogP contribution in [0.5, 0.6) is 0 Å². The third kappa shape index (κ3) is 8.07. The van der Waals surface area contributed by atoms with E-state index in [1.54, 1.807) is 31.2 Å². The van der Waals surface area contributed by atoms with Crippen LogP contribution >= 0.6 is 34.8 Å². The molecule has 0 aromatic heterocycles. The van der Waals surface area contributed by atoms with E-state index in [4.69, 9.17) is 34.8 Å². The number of amides is 2. The normalized spacial score (nSPS) is 12.4. The highest BCUT2D eigenvalue weighted by molar-refractivity contribution is 7.92. The number of hydrogen-bond acceptors (Lipinski definition) is 4. The molecule has 0 aliphatic heterocycles. The average Bonchev–Trinajstić information content (AvgIpc) is 2.67. The lowest BCUT2D eigenvalue weighted by Crippen LogP contribution is -2.52. The Morgan fingerprint density at radius 2 is 1.58 bits per heavy atom. The van der Waals surface area contributed by atoms with Gasteiger partial charge in [-0.3, -0.25) is 13.9 Å². The van der Waals surface area contributed by atoms with E-state index in [9.17, 15) is 18.0 Å². The van der Waals surface area contributed by atoms with Crippen LogP contribution in [0.2, 0.25) is 15.1 Å². The molecule has 0 saturated carbocycles. The zero-order chi connectivity index (χ0) is 24.9. The minimum absolute atomic E-state index is 0.0555. The van der Waals surface area contributed by atoms with E-state index >= 15 is 0 Å². The van der Waals surface area contributed by atoms with E-state index in [0.29, 0.717) is 10.6 Å². The van der Waals surface area contributed by atoms with Crippen LogP contribution in [0.4, 0.5) is 5.69 Å². The number of nitrogens with one attached hydrogen (secondary N) is 1. The molecule has 0 aliphatic rings. The van der Waals surface area contributed by atoms with Gasteiger partial charge in [-0.1, -0.05) is 46.9 Å². The number of benzene rings is 2. The van der Waals surface area contributed by atoms with Crippen molar-refractivity contribution in [1.82, 2.24) is 10.2 Å². The Hall–Kier alpha value is -2.00. The maximum Gasteiger partial charge on any atom is 0.244 e. The predicted molar refractivity (Wildman–Crippen MR) is 133 cm³/mol. The van der Waals surface area contributed by atoms with Crippen LogP contribution in [-0.4, -0.2) is 50.0 Å². The van der Waals surface area contributed by atoms with E-state index in [-0.39, 0.29) is 34.2 Å². The molecule has 1 unspecified atom stereocenters. The first-order chi connectivity index (χ1) is 15.3. The second kappa shape index (κ2) is 11.4. The molecule has 2 rings (SSSR count). The van der Waals surface area contributed by atoms with Crippen LogP contribution in [0.15, 0.2) is 42.5 Å². The van der Waals surface area contributed by atoms with Crippen LogP contribution in [-0.2, 0) is 26.2 Å². The number of hydrogen-bond donors (Lipinski definition) is 1. The quantitative estimate of drug-likeness (QED) is 0.518. The number of halogens is 3. The summed E-state index contributed by atoms with van der Waals surface area (Å²) < 4.78 is 26.0. The van der Waals surface area contributed by atoms with Gasteiger partial charge in [0.05, 0.1) is 11.9 Å². The molecule has 0 bridgehead atoms. The monoisotopic (exact) mass is 533 g/mol. The Balaban J connectivity index is 2.42. The standard InChI is InChI=1S/C22H26Cl3N3O4S/c1-14(2)26-22(30)15(3)27(12-16-6-5-7-17(23)8-16)21(29)13-28(33(4,31)32)20-10-18(24)9-19(25)11-20/h5-11,14-15H,12-13H2,1-4H3,(H,26,30). The summed E-state index contributed by atoms with van der Waals surface area (Å²) in [6, 6.07) is 10.1. The van der Waals surface area contributed by atoms with Crippen molar-refractivity contribution >= 4 is 62.3 Å². The molecule has 180 valence electrons. The van der Waals surface area contributed by atoms with E-state index in [0.717, 1.165) is 10.6 Å². The Labute approximate surface area is 209 Å². The summed E-state index contributed by atoms with van der Waals surface area (Å²) in [5.41, 5.74) is 0.835. The molecule has 2 aromatic carbocycles. The fourth-order valence-electron chi connectivity index (χ4n) is 3.12. The van der Waals surface area contributed by atoms with Gasteiger partial charge < -0.3 is 10.2 Å². The lowest BCUT2D eigenvalue weighted by atomic mass is 10.1. The molecule has 2 amide bonds. The Kier molecular flexibility index (Phi) is 9.43. The van der Waals surface area contributed by atoms with Crippen molar-refractivity contribution in [3.63, 3.8) is 0 Å². The molecule has 0 saturated heterocycles. The fourth-order valence-corrected chi connectivity index (χ4v) is 4.68. The molecule has 33 heavy (non-hydrogen) atoms. The first-order valence-corrected chi connectivity index (χ1v) is 13.0. The van der Waals surface area contributed by atoms with E-state index in [1.807, 2.05) is 13.8 Å². The summed E-state index contributed by atoms with van der Waals surface area (Å²) in [4.78, 5) is 27.4. The van der Waals surface area contributed by atoms with Crippen molar-refractivity contribution in [2.45, 2.75) is 39.4 Å². The lowest BCUT2D eigenvalue weighted by Gasteiger charge is -2.32. The SMILES string of the molecule is CC(C)NC(=O)C(C)N(Cc1cccc(Cl)c1)C(=O)CN(c1cc(Cl)cc(Cl)c1)S(C)(=O)=O. The van der Waals surface area contributed by atoms with Gasteiger partial charge in [0, 0.05) is 27.7 Å². The molecule has 2 aromatic rings. The molecule has 0 radical (unpaired) electrons. The summed E-state index contributed by atoms with van der Waals surface area (Å²) in [7, 11) is -3.88. The van der Waals surface area contributed by atoms with E-state index in [1.165, 1.54) is 23.1 Å². The predicted octanol–water partition coefficient (Wildman–Crippen LogP) is 4.35. The number of anilines is 1. The highest BCUT2D eigenvalue weighted by Gasteiger charge is 2.30. The highest BCUT2D eigenvalue weighted by Crippen LogP contribution is 2.27. The van der Waals surface area contributed by atoms with E-state index in [2.05, 4.69) is 5.32 Å². The van der Waals surface area contributed by atoms with Crippen molar-refractivity contribution in [3.05, 3.63) is 63.1 Å². The molecule has 7 nitrogen and oxygen atoms in total. The molecule has 1 N–H and O–H groups in total. The second-order valence-corrected chi connectivity index (χ2v) is 11.1. The molecule has 0 fully saturated rings. The van der Waals surface area contributed by atoms with Crippen molar-refractivity contribution in [2.75, 3.05) is 17.1 Å². The summed E-state index contributed by atoms with van der Waals surface area (Å²) in [5, 5.41) is 3.70. The first kappa shape index (κ1) is 27.2. The summed E-state index contributed by atoms with van der Waals surface area (Å²) in [6.07, 6.45) is 0.977.